The second-order valence-electron chi connectivity index (χ2n) is 6.87. The first-order chi connectivity index (χ1) is 13.2. The smallest absolute Gasteiger partial charge is 0.323 e. The summed E-state index contributed by atoms with van der Waals surface area (Å²) < 4.78 is 5.02. The van der Waals surface area contributed by atoms with Crippen LogP contribution in [0.25, 0.3) is 21.8 Å². The van der Waals surface area contributed by atoms with Gasteiger partial charge in [-0.2, -0.15) is 0 Å². The molecule has 0 bridgehead atoms. The number of carbonyl (C=O) groups excluding carboxylic acids is 1. The molecule has 1 aliphatic heterocycles. The van der Waals surface area contributed by atoms with Crippen molar-refractivity contribution >= 4 is 27.8 Å². The van der Waals surface area contributed by atoms with Crippen molar-refractivity contribution in [3.05, 3.63) is 77.6 Å². The summed E-state index contributed by atoms with van der Waals surface area (Å²) in [5.41, 5.74) is 5.12. The number of H-pyrrole nitrogens is 1. The van der Waals surface area contributed by atoms with Crippen molar-refractivity contribution in [3.63, 3.8) is 0 Å². The number of methoxy groups -OCH3 is 1. The molecule has 0 spiro atoms. The quantitative estimate of drug-likeness (QED) is 0.539. The Morgan fingerprint density at radius 1 is 1.07 bits per heavy atom. The van der Waals surface area contributed by atoms with Gasteiger partial charge in [-0.05, 0) is 23.8 Å². The molecule has 0 aliphatic carbocycles. The Labute approximate surface area is 156 Å². The zero-order valence-corrected chi connectivity index (χ0v) is 14.9. The molecular weight excluding hydrogens is 338 g/mol. The van der Waals surface area contributed by atoms with Gasteiger partial charge in [0.15, 0.2) is 0 Å². The summed E-state index contributed by atoms with van der Waals surface area (Å²) in [4.78, 5) is 20.7. The van der Waals surface area contributed by atoms with Crippen LogP contribution in [0.15, 0.2) is 60.7 Å². The number of pyridine rings is 1. The predicted molar refractivity (Wildman–Crippen MR) is 105 cm³/mol. The summed E-state index contributed by atoms with van der Waals surface area (Å²) in [5.74, 6) is -0.253. The first-order valence-electron chi connectivity index (χ1n) is 9.03. The molecule has 5 nitrogen and oxygen atoms in total. The van der Waals surface area contributed by atoms with E-state index < -0.39 is 6.04 Å². The number of benzene rings is 2. The number of nitrogens with one attached hydrogen (secondary N) is 2. The molecule has 0 radical (unpaired) electrons. The molecular formula is C22H19N3O2. The maximum absolute atomic E-state index is 12.3. The van der Waals surface area contributed by atoms with Gasteiger partial charge in [0, 0.05) is 28.4 Å². The van der Waals surface area contributed by atoms with Crippen LogP contribution >= 0.6 is 0 Å². The topological polar surface area (TPSA) is 67.0 Å². The molecule has 4 aromatic rings. The van der Waals surface area contributed by atoms with Crippen molar-refractivity contribution in [1.82, 2.24) is 15.3 Å². The van der Waals surface area contributed by atoms with E-state index in [0.29, 0.717) is 6.42 Å². The molecule has 5 heteroatoms. The van der Waals surface area contributed by atoms with Crippen LogP contribution in [-0.2, 0) is 16.0 Å². The molecule has 2 atom stereocenters. The second-order valence-corrected chi connectivity index (χ2v) is 6.87. The lowest BCUT2D eigenvalue weighted by molar-refractivity contribution is -0.143. The van der Waals surface area contributed by atoms with Gasteiger partial charge in [0.2, 0.25) is 0 Å². The van der Waals surface area contributed by atoms with Crippen molar-refractivity contribution in [1.29, 1.82) is 0 Å². The first kappa shape index (κ1) is 16.0. The summed E-state index contributed by atoms with van der Waals surface area (Å²) in [6.07, 6.45) is 0.593. The highest BCUT2D eigenvalue weighted by Gasteiger charge is 2.35. The maximum atomic E-state index is 12.3. The SMILES string of the molecule is COC(=O)C1Cc2c([nH]c3ccccc23)C(c2ccc3ccccc3n2)N1. The fourth-order valence-corrected chi connectivity index (χ4v) is 4.00. The minimum Gasteiger partial charge on any atom is -0.468 e. The van der Waals surface area contributed by atoms with Gasteiger partial charge in [0.1, 0.15) is 6.04 Å². The number of rotatable bonds is 2. The highest BCUT2D eigenvalue weighted by molar-refractivity contribution is 5.87. The number of nitrogens with zero attached hydrogens (tertiary/aromatic N) is 1. The third-order valence-electron chi connectivity index (χ3n) is 5.31. The fraction of sp³-hybridized carbons (Fsp3) is 0.182. The van der Waals surface area contributed by atoms with E-state index in [4.69, 9.17) is 9.72 Å². The van der Waals surface area contributed by atoms with Crippen molar-refractivity contribution in [2.75, 3.05) is 7.11 Å². The number of carbonyl (C=O) groups is 1. The summed E-state index contributed by atoms with van der Waals surface area (Å²) in [6.45, 7) is 0. The molecule has 27 heavy (non-hydrogen) atoms. The number of para-hydroxylation sites is 2. The molecule has 5 rings (SSSR count). The minimum absolute atomic E-state index is 0.199. The molecule has 3 heterocycles. The largest absolute Gasteiger partial charge is 0.468 e. The summed E-state index contributed by atoms with van der Waals surface area (Å²) in [6, 6.07) is 19.7. The lowest BCUT2D eigenvalue weighted by Crippen LogP contribution is -2.45. The summed E-state index contributed by atoms with van der Waals surface area (Å²) in [7, 11) is 1.43. The Morgan fingerprint density at radius 2 is 1.89 bits per heavy atom. The molecule has 0 saturated heterocycles. The lowest BCUT2D eigenvalue weighted by Gasteiger charge is -2.29. The van der Waals surface area contributed by atoms with Crippen molar-refractivity contribution in [2.24, 2.45) is 0 Å². The van der Waals surface area contributed by atoms with Gasteiger partial charge in [0.05, 0.1) is 24.4 Å². The number of ether oxygens (including phenoxy) is 1. The zero-order chi connectivity index (χ0) is 18.4. The minimum atomic E-state index is -0.403. The molecule has 134 valence electrons. The van der Waals surface area contributed by atoms with Gasteiger partial charge in [-0.25, -0.2) is 0 Å². The number of esters is 1. The van der Waals surface area contributed by atoms with Gasteiger partial charge in [-0.15, -0.1) is 0 Å². The van der Waals surface area contributed by atoms with Gasteiger partial charge in [-0.1, -0.05) is 42.5 Å². The fourth-order valence-electron chi connectivity index (χ4n) is 4.00. The Bertz CT molecular complexity index is 1160. The number of hydrogen-bond donors (Lipinski definition) is 2. The van der Waals surface area contributed by atoms with E-state index in [-0.39, 0.29) is 12.0 Å². The van der Waals surface area contributed by atoms with Crippen LogP contribution in [0.5, 0.6) is 0 Å². The van der Waals surface area contributed by atoms with Gasteiger partial charge in [-0.3, -0.25) is 15.1 Å². The van der Waals surface area contributed by atoms with Crippen molar-refractivity contribution in [3.8, 4) is 0 Å². The van der Waals surface area contributed by atoms with Crippen LogP contribution in [0.1, 0.15) is 23.0 Å². The molecule has 0 fully saturated rings. The second kappa shape index (κ2) is 6.21. The number of hydrogen-bond acceptors (Lipinski definition) is 4. The van der Waals surface area contributed by atoms with Crippen LogP contribution in [-0.4, -0.2) is 29.1 Å². The predicted octanol–water partition coefficient (Wildman–Crippen LogP) is 3.49. The zero-order valence-electron chi connectivity index (χ0n) is 14.9. The Kier molecular flexibility index (Phi) is 3.69. The van der Waals surface area contributed by atoms with Gasteiger partial charge in [0.25, 0.3) is 0 Å². The molecule has 2 aromatic carbocycles. The van der Waals surface area contributed by atoms with Crippen LogP contribution in [0.4, 0.5) is 0 Å². The summed E-state index contributed by atoms with van der Waals surface area (Å²) >= 11 is 0. The van der Waals surface area contributed by atoms with E-state index in [1.165, 1.54) is 7.11 Å². The Morgan fingerprint density at radius 3 is 2.78 bits per heavy atom. The molecule has 2 aromatic heterocycles. The third kappa shape index (κ3) is 2.59. The third-order valence-corrected chi connectivity index (χ3v) is 5.31. The lowest BCUT2D eigenvalue weighted by atomic mass is 9.92. The monoisotopic (exact) mass is 357 g/mol. The van der Waals surface area contributed by atoms with Crippen molar-refractivity contribution in [2.45, 2.75) is 18.5 Å². The van der Waals surface area contributed by atoms with Crippen LogP contribution in [0, 0.1) is 0 Å². The van der Waals surface area contributed by atoms with Crippen LogP contribution in [0.3, 0.4) is 0 Å². The van der Waals surface area contributed by atoms with Crippen LogP contribution < -0.4 is 5.32 Å². The highest BCUT2D eigenvalue weighted by atomic mass is 16.5. The van der Waals surface area contributed by atoms with Crippen LogP contribution in [0.2, 0.25) is 0 Å². The van der Waals surface area contributed by atoms with E-state index in [1.807, 2.05) is 42.5 Å². The van der Waals surface area contributed by atoms with E-state index >= 15 is 0 Å². The Hall–Kier alpha value is -3.18. The van der Waals surface area contributed by atoms with E-state index in [1.54, 1.807) is 0 Å². The molecule has 0 amide bonds. The average molecular weight is 357 g/mol. The number of aromatic nitrogens is 2. The Balaban J connectivity index is 1.69. The molecule has 2 unspecified atom stereocenters. The maximum Gasteiger partial charge on any atom is 0.323 e. The van der Waals surface area contributed by atoms with Crippen molar-refractivity contribution < 1.29 is 9.53 Å². The van der Waals surface area contributed by atoms with Gasteiger partial charge < -0.3 is 9.72 Å². The molecule has 0 saturated carbocycles. The first-order valence-corrected chi connectivity index (χ1v) is 9.03. The number of fused-ring (bicyclic) bond motifs is 4. The highest BCUT2D eigenvalue weighted by Crippen LogP contribution is 2.35. The normalized spacial score (nSPS) is 19.1. The van der Waals surface area contributed by atoms with Gasteiger partial charge >= 0.3 is 5.97 Å². The molecule has 1 aliphatic rings. The molecule has 2 N–H and O–H groups in total. The average Bonchev–Trinajstić information content (AvgIpc) is 3.11. The number of aromatic amines is 1. The summed E-state index contributed by atoms with van der Waals surface area (Å²) in [5, 5.41) is 5.68. The standard InChI is InChI=1S/C22H19N3O2/c1-27-22(26)19-12-15-14-7-3-5-9-17(14)24-20(15)21(25-19)18-11-10-13-6-2-4-8-16(13)23-18/h2-11,19,21,24-25H,12H2,1H3. The van der Waals surface area contributed by atoms with E-state index in [9.17, 15) is 4.79 Å². The van der Waals surface area contributed by atoms with E-state index in [0.717, 1.165) is 38.8 Å². The van der Waals surface area contributed by atoms with E-state index in [2.05, 4.69) is 28.5 Å².